The Labute approximate surface area is 229 Å². The number of fused-ring (bicyclic) bond motifs is 3. The summed E-state index contributed by atoms with van der Waals surface area (Å²) in [5.41, 5.74) is 7.59. The van der Waals surface area contributed by atoms with Gasteiger partial charge in [-0.05, 0) is 120 Å². The molecule has 0 bridgehead atoms. The Morgan fingerprint density at radius 2 is 0.947 bits per heavy atom. The molecule has 1 unspecified atom stereocenters. The van der Waals surface area contributed by atoms with Gasteiger partial charge in [0.2, 0.25) is 0 Å². The van der Waals surface area contributed by atoms with Crippen LogP contribution in [0.4, 0.5) is 8.78 Å². The van der Waals surface area contributed by atoms with Crippen molar-refractivity contribution >= 4 is 0 Å². The van der Waals surface area contributed by atoms with Crippen LogP contribution >= 0.6 is 0 Å². The van der Waals surface area contributed by atoms with Gasteiger partial charge in [-0.25, -0.2) is 8.78 Å². The molecule has 3 aliphatic carbocycles. The average molecular weight is 517 g/mol. The Morgan fingerprint density at radius 3 is 1.42 bits per heavy atom. The van der Waals surface area contributed by atoms with Gasteiger partial charge in [0, 0.05) is 0 Å². The van der Waals surface area contributed by atoms with Gasteiger partial charge in [0.25, 0.3) is 0 Å². The van der Waals surface area contributed by atoms with E-state index in [1.54, 1.807) is 22.3 Å². The molecule has 0 spiro atoms. The Morgan fingerprint density at radius 1 is 0.526 bits per heavy atom. The van der Waals surface area contributed by atoms with E-state index < -0.39 is 0 Å². The largest absolute Gasteiger partial charge is 0.207 e. The summed E-state index contributed by atoms with van der Waals surface area (Å²) in [7, 11) is 0. The van der Waals surface area contributed by atoms with Crippen molar-refractivity contribution in [2.24, 2.45) is 17.8 Å². The molecule has 2 heteroatoms. The highest BCUT2D eigenvalue weighted by Crippen LogP contribution is 2.41. The summed E-state index contributed by atoms with van der Waals surface area (Å²) in [5, 5.41) is 0. The number of halogens is 2. The Balaban J connectivity index is 0.000000133. The molecular formula is C36H46F2. The summed E-state index contributed by atoms with van der Waals surface area (Å²) in [5.74, 6) is 3.33. The summed E-state index contributed by atoms with van der Waals surface area (Å²) in [6.07, 6.45) is 6.86. The van der Waals surface area contributed by atoms with E-state index in [9.17, 15) is 8.78 Å². The van der Waals surface area contributed by atoms with Crippen molar-refractivity contribution in [1.82, 2.24) is 0 Å². The molecule has 0 aliphatic heterocycles. The standard InChI is InChI=1S/C12H14F2.2C12H16/c1-7(2)8-3-4-9-10(13)5-6-11(14)12(8)9;2*1-9(2)11-8-7-10-5-3-4-6-12(10)11/h5-8H,3-4H2,1-2H3;2*3-6,9,11H,7-8H2,1-2H3/t;2*11-/m.10/s1. The summed E-state index contributed by atoms with van der Waals surface area (Å²) >= 11 is 0. The van der Waals surface area contributed by atoms with Crippen LogP contribution in [0.2, 0.25) is 0 Å². The van der Waals surface area contributed by atoms with E-state index in [1.165, 1.54) is 37.8 Å². The quantitative estimate of drug-likeness (QED) is 0.325. The van der Waals surface area contributed by atoms with Crippen molar-refractivity contribution in [3.63, 3.8) is 0 Å². The zero-order valence-corrected chi connectivity index (χ0v) is 24.2. The van der Waals surface area contributed by atoms with Crippen LogP contribution in [-0.2, 0) is 19.3 Å². The maximum absolute atomic E-state index is 13.5. The minimum atomic E-state index is -0.246. The molecule has 204 valence electrons. The highest BCUT2D eigenvalue weighted by molar-refractivity contribution is 5.38. The topological polar surface area (TPSA) is 0 Å². The lowest BCUT2D eigenvalue weighted by molar-refractivity contribution is 0.474. The monoisotopic (exact) mass is 516 g/mol. The van der Waals surface area contributed by atoms with Crippen molar-refractivity contribution in [3.05, 3.63) is 106 Å². The molecule has 0 saturated carbocycles. The van der Waals surface area contributed by atoms with Crippen molar-refractivity contribution in [2.75, 3.05) is 0 Å². The first-order valence-electron chi connectivity index (χ1n) is 14.8. The summed E-state index contributed by atoms with van der Waals surface area (Å²) in [4.78, 5) is 0. The first-order chi connectivity index (χ1) is 18.2. The van der Waals surface area contributed by atoms with Crippen LogP contribution in [0.5, 0.6) is 0 Å². The smallest absolute Gasteiger partial charge is 0.127 e. The van der Waals surface area contributed by atoms with E-state index >= 15 is 0 Å². The van der Waals surface area contributed by atoms with E-state index in [0.717, 1.165) is 30.1 Å². The molecule has 0 aromatic heterocycles. The van der Waals surface area contributed by atoms with Gasteiger partial charge in [0.05, 0.1) is 0 Å². The van der Waals surface area contributed by atoms with Crippen LogP contribution in [0.3, 0.4) is 0 Å². The summed E-state index contributed by atoms with van der Waals surface area (Å²) < 4.78 is 26.9. The van der Waals surface area contributed by atoms with Gasteiger partial charge in [-0.1, -0.05) is 90.1 Å². The molecular weight excluding hydrogens is 470 g/mol. The lowest BCUT2D eigenvalue weighted by atomic mass is 9.90. The fraction of sp³-hybridized carbons (Fsp3) is 0.500. The molecule has 0 nitrogen and oxygen atoms in total. The third-order valence-corrected chi connectivity index (χ3v) is 9.10. The second-order valence-electron chi connectivity index (χ2n) is 12.5. The lowest BCUT2D eigenvalue weighted by Gasteiger charge is -2.16. The average Bonchev–Trinajstić information content (AvgIpc) is 3.64. The van der Waals surface area contributed by atoms with E-state index in [-0.39, 0.29) is 17.6 Å². The molecule has 3 atom stereocenters. The van der Waals surface area contributed by atoms with Gasteiger partial charge >= 0.3 is 0 Å². The predicted molar refractivity (Wildman–Crippen MR) is 157 cm³/mol. The molecule has 0 N–H and O–H groups in total. The highest BCUT2D eigenvalue weighted by atomic mass is 19.1. The molecule has 3 aromatic rings. The van der Waals surface area contributed by atoms with Crippen LogP contribution < -0.4 is 0 Å². The minimum absolute atomic E-state index is 0.195. The van der Waals surface area contributed by atoms with Gasteiger partial charge in [0.15, 0.2) is 0 Å². The number of hydrogen-bond acceptors (Lipinski definition) is 0. The molecule has 0 heterocycles. The molecule has 3 aliphatic rings. The Hall–Kier alpha value is -2.48. The van der Waals surface area contributed by atoms with Crippen molar-refractivity contribution < 1.29 is 8.78 Å². The maximum Gasteiger partial charge on any atom is 0.127 e. The molecule has 38 heavy (non-hydrogen) atoms. The second-order valence-corrected chi connectivity index (χ2v) is 12.5. The van der Waals surface area contributed by atoms with E-state index in [4.69, 9.17) is 0 Å². The van der Waals surface area contributed by atoms with E-state index in [2.05, 4.69) is 90.1 Å². The van der Waals surface area contributed by atoms with Crippen LogP contribution in [0.15, 0.2) is 60.7 Å². The zero-order chi connectivity index (χ0) is 27.4. The molecule has 6 rings (SSSR count). The number of rotatable bonds is 3. The van der Waals surface area contributed by atoms with Gasteiger partial charge in [-0.15, -0.1) is 0 Å². The van der Waals surface area contributed by atoms with Crippen LogP contribution in [0.1, 0.15) is 112 Å². The summed E-state index contributed by atoms with van der Waals surface area (Å²) in [6, 6.07) is 20.3. The van der Waals surface area contributed by atoms with Gasteiger partial charge in [-0.3, -0.25) is 0 Å². The molecule has 0 radical (unpaired) electrons. The molecule has 0 saturated heterocycles. The predicted octanol–water partition coefficient (Wildman–Crippen LogP) is 10.4. The molecule has 0 amide bonds. The number of hydrogen-bond donors (Lipinski definition) is 0. The Bertz CT molecular complexity index is 1150. The van der Waals surface area contributed by atoms with Crippen LogP contribution in [0, 0.1) is 29.4 Å². The normalized spacial score (nSPS) is 21.0. The van der Waals surface area contributed by atoms with Gasteiger partial charge in [-0.2, -0.15) is 0 Å². The maximum atomic E-state index is 13.5. The minimum Gasteiger partial charge on any atom is -0.207 e. The lowest BCUT2D eigenvalue weighted by Crippen LogP contribution is -2.05. The van der Waals surface area contributed by atoms with E-state index in [1.807, 2.05) is 0 Å². The van der Waals surface area contributed by atoms with Crippen molar-refractivity contribution in [3.8, 4) is 0 Å². The summed E-state index contributed by atoms with van der Waals surface area (Å²) in [6.45, 7) is 13.4. The van der Waals surface area contributed by atoms with Crippen LogP contribution in [0.25, 0.3) is 0 Å². The number of aryl methyl sites for hydroxylation is 2. The SMILES string of the molecule is CC(C)C1CCc2c(F)ccc(F)c21.CC(C)[C@@H]1CCc2ccccc21.CC(C)[C@H]1CCc2ccccc21. The molecule has 3 aromatic carbocycles. The third-order valence-electron chi connectivity index (χ3n) is 9.10. The first-order valence-corrected chi connectivity index (χ1v) is 14.8. The van der Waals surface area contributed by atoms with Crippen molar-refractivity contribution in [1.29, 1.82) is 0 Å². The fourth-order valence-electron chi connectivity index (χ4n) is 6.94. The first kappa shape index (κ1) is 28.5. The third kappa shape index (κ3) is 6.22. The number of benzene rings is 3. The Kier molecular flexibility index (Phi) is 9.45. The van der Waals surface area contributed by atoms with Gasteiger partial charge in [0.1, 0.15) is 11.6 Å². The molecule has 0 fully saturated rings. The second kappa shape index (κ2) is 12.6. The van der Waals surface area contributed by atoms with Crippen LogP contribution in [-0.4, -0.2) is 0 Å². The fourth-order valence-corrected chi connectivity index (χ4v) is 6.94. The highest BCUT2D eigenvalue weighted by Gasteiger charge is 2.30. The zero-order valence-electron chi connectivity index (χ0n) is 24.2. The van der Waals surface area contributed by atoms with Gasteiger partial charge < -0.3 is 0 Å². The van der Waals surface area contributed by atoms with E-state index in [0.29, 0.717) is 23.5 Å². The van der Waals surface area contributed by atoms with Crippen molar-refractivity contribution in [2.45, 2.75) is 97.8 Å².